The predicted molar refractivity (Wildman–Crippen MR) is 91.3 cm³/mol. The van der Waals surface area contributed by atoms with Gasteiger partial charge in [-0.2, -0.15) is 0 Å². The molecule has 0 amide bonds. The maximum atomic E-state index is 11.7. The van der Waals surface area contributed by atoms with Gasteiger partial charge in [0.2, 0.25) is 0 Å². The molecule has 2 aromatic rings. The first-order valence-corrected chi connectivity index (χ1v) is 7.46. The number of carbonyl (C=O) groups excluding carboxylic acids is 2. The van der Waals surface area contributed by atoms with E-state index in [2.05, 4.69) is 6.58 Å². The summed E-state index contributed by atoms with van der Waals surface area (Å²) in [6.45, 7) is 10.4. The van der Waals surface area contributed by atoms with Crippen LogP contribution in [0.3, 0.4) is 0 Å². The summed E-state index contributed by atoms with van der Waals surface area (Å²) in [4.78, 5) is 23.2. The van der Waals surface area contributed by atoms with Gasteiger partial charge in [-0.25, -0.2) is 9.59 Å². The van der Waals surface area contributed by atoms with Gasteiger partial charge in [0.1, 0.15) is 17.1 Å². The van der Waals surface area contributed by atoms with Crippen LogP contribution in [0.5, 0.6) is 11.5 Å². The van der Waals surface area contributed by atoms with Crippen LogP contribution in [0.2, 0.25) is 0 Å². The van der Waals surface area contributed by atoms with E-state index in [1.165, 1.54) is 0 Å². The number of ether oxygens (including phenoxy) is 3. The zero-order valence-corrected chi connectivity index (χ0v) is 14.2. The fraction of sp³-hybridized carbons (Fsp3) is 0.263. The molecule has 0 bridgehead atoms. The maximum absolute atomic E-state index is 11.7. The zero-order chi connectivity index (χ0) is 17.9. The van der Waals surface area contributed by atoms with Gasteiger partial charge in [0.05, 0.1) is 0 Å². The smallest absolute Gasteiger partial charge is 0.428 e. The number of hydrogen-bond acceptors (Lipinski definition) is 5. The average Bonchev–Trinajstić information content (AvgIpc) is 2.45. The Bertz CT molecular complexity index is 799. The molecule has 0 radical (unpaired) electrons. The second-order valence-corrected chi connectivity index (χ2v) is 6.41. The first kappa shape index (κ1) is 17.5. The third-order valence-corrected chi connectivity index (χ3v) is 2.93. The van der Waals surface area contributed by atoms with Crippen molar-refractivity contribution >= 4 is 22.9 Å². The minimum absolute atomic E-state index is 0.330. The summed E-state index contributed by atoms with van der Waals surface area (Å²) in [6, 6.07) is 10.3. The largest absolute Gasteiger partial charge is 0.514 e. The van der Waals surface area contributed by atoms with Gasteiger partial charge in [-0.1, -0.05) is 18.7 Å². The van der Waals surface area contributed by atoms with E-state index in [0.29, 0.717) is 17.1 Å². The maximum Gasteiger partial charge on any atom is 0.514 e. The van der Waals surface area contributed by atoms with Crippen LogP contribution >= 0.6 is 0 Å². The molecule has 0 aliphatic rings. The quantitative estimate of drug-likeness (QED) is 0.356. The highest BCUT2D eigenvalue weighted by Crippen LogP contribution is 2.26. The van der Waals surface area contributed by atoms with E-state index in [0.717, 1.165) is 10.8 Å². The lowest BCUT2D eigenvalue weighted by molar-refractivity contribution is -0.130. The monoisotopic (exact) mass is 328 g/mol. The number of benzene rings is 2. The minimum atomic E-state index is -0.756. The van der Waals surface area contributed by atoms with Gasteiger partial charge in [-0.05, 0) is 62.7 Å². The van der Waals surface area contributed by atoms with Gasteiger partial charge >= 0.3 is 12.1 Å². The molecule has 0 heterocycles. The van der Waals surface area contributed by atoms with Crippen LogP contribution in [0.15, 0.2) is 48.6 Å². The van der Waals surface area contributed by atoms with Crippen molar-refractivity contribution in [2.75, 3.05) is 0 Å². The zero-order valence-electron chi connectivity index (χ0n) is 14.2. The molecule has 5 nitrogen and oxygen atoms in total. The molecule has 0 fully saturated rings. The summed E-state index contributed by atoms with van der Waals surface area (Å²) in [5, 5.41) is 1.68. The van der Waals surface area contributed by atoms with Gasteiger partial charge in [-0.3, -0.25) is 0 Å². The highest BCUT2D eigenvalue weighted by atomic mass is 16.7. The van der Waals surface area contributed by atoms with Gasteiger partial charge in [-0.15, -0.1) is 0 Å². The Morgan fingerprint density at radius 2 is 1.42 bits per heavy atom. The summed E-state index contributed by atoms with van der Waals surface area (Å²) >= 11 is 0. The molecule has 0 unspecified atom stereocenters. The van der Waals surface area contributed by atoms with Crippen LogP contribution < -0.4 is 9.47 Å². The second-order valence-electron chi connectivity index (χ2n) is 6.41. The van der Waals surface area contributed by atoms with E-state index in [9.17, 15) is 9.59 Å². The lowest BCUT2D eigenvalue weighted by Gasteiger charge is -2.18. The van der Waals surface area contributed by atoms with E-state index in [1.807, 2.05) is 0 Å². The fourth-order valence-electron chi connectivity index (χ4n) is 1.89. The molecule has 24 heavy (non-hydrogen) atoms. The third kappa shape index (κ3) is 4.84. The van der Waals surface area contributed by atoms with Crippen molar-refractivity contribution in [3.63, 3.8) is 0 Å². The molecule has 0 saturated heterocycles. The van der Waals surface area contributed by atoms with Crippen LogP contribution in [0.1, 0.15) is 27.7 Å². The van der Waals surface area contributed by atoms with Gasteiger partial charge in [0.25, 0.3) is 0 Å². The summed E-state index contributed by atoms with van der Waals surface area (Å²) in [5.41, 5.74) is -0.285. The van der Waals surface area contributed by atoms with E-state index in [4.69, 9.17) is 14.2 Å². The highest BCUT2D eigenvalue weighted by molar-refractivity contribution is 5.90. The molecule has 5 heteroatoms. The number of rotatable bonds is 3. The topological polar surface area (TPSA) is 61.8 Å². The Morgan fingerprint density at radius 1 is 0.917 bits per heavy atom. The molecule has 0 aromatic heterocycles. The Hall–Kier alpha value is -2.82. The summed E-state index contributed by atoms with van der Waals surface area (Å²) in [5.74, 6) is 0.332. The molecular weight excluding hydrogens is 308 g/mol. The van der Waals surface area contributed by atoms with E-state index in [1.54, 1.807) is 64.1 Å². The molecule has 0 atom stereocenters. The van der Waals surface area contributed by atoms with Crippen molar-refractivity contribution < 1.29 is 23.8 Å². The molecule has 0 spiro atoms. The first-order chi connectivity index (χ1) is 11.1. The Balaban J connectivity index is 2.16. The van der Waals surface area contributed by atoms with Crippen LogP contribution in [0.25, 0.3) is 10.8 Å². The Morgan fingerprint density at radius 3 is 1.88 bits per heavy atom. The van der Waals surface area contributed by atoms with Crippen LogP contribution in [0, 0.1) is 0 Å². The third-order valence-electron chi connectivity index (χ3n) is 2.93. The second kappa shape index (κ2) is 6.74. The van der Waals surface area contributed by atoms with Crippen molar-refractivity contribution in [3.05, 3.63) is 48.6 Å². The number of carbonyl (C=O) groups is 2. The van der Waals surface area contributed by atoms with Crippen molar-refractivity contribution in [2.24, 2.45) is 0 Å². The van der Waals surface area contributed by atoms with Crippen molar-refractivity contribution in [2.45, 2.75) is 33.3 Å². The lowest BCUT2D eigenvalue weighted by atomic mass is 10.1. The molecule has 0 saturated carbocycles. The average molecular weight is 328 g/mol. The highest BCUT2D eigenvalue weighted by Gasteiger charge is 2.18. The first-order valence-electron chi connectivity index (χ1n) is 7.46. The SMILES string of the molecule is C=C(C)C(=O)Oc1ccc2cc(OC(=O)OC(C)(C)C)ccc2c1. The molecular formula is C19H20O5. The van der Waals surface area contributed by atoms with E-state index >= 15 is 0 Å². The summed E-state index contributed by atoms with van der Waals surface area (Å²) < 4.78 is 15.5. The van der Waals surface area contributed by atoms with Crippen LogP contribution in [-0.2, 0) is 9.53 Å². The standard InChI is InChI=1S/C19H20O5/c1-12(2)17(20)22-15-8-6-14-11-16(9-7-13(14)10-15)23-18(21)24-19(3,4)5/h6-11H,1H2,2-5H3. The van der Waals surface area contributed by atoms with Crippen molar-refractivity contribution in [3.8, 4) is 11.5 Å². The van der Waals surface area contributed by atoms with Crippen molar-refractivity contribution in [1.82, 2.24) is 0 Å². The molecule has 0 N–H and O–H groups in total. The van der Waals surface area contributed by atoms with Gasteiger partial charge < -0.3 is 14.2 Å². The summed E-state index contributed by atoms with van der Waals surface area (Å²) in [6.07, 6.45) is -0.756. The lowest BCUT2D eigenvalue weighted by Crippen LogP contribution is -2.25. The predicted octanol–water partition coefficient (Wildman–Crippen LogP) is 4.64. The van der Waals surface area contributed by atoms with Crippen LogP contribution in [-0.4, -0.2) is 17.7 Å². The number of fused-ring (bicyclic) bond motifs is 1. The number of esters is 1. The van der Waals surface area contributed by atoms with Gasteiger partial charge in [0, 0.05) is 5.57 Å². The van der Waals surface area contributed by atoms with Crippen molar-refractivity contribution in [1.29, 1.82) is 0 Å². The Kier molecular flexibility index (Phi) is 4.93. The number of hydrogen-bond donors (Lipinski definition) is 0. The van der Waals surface area contributed by atoms with Gasteiger partial charge in [0.15, 0.2) is 0 Å². The molecule has 2 rings (SSSR count). The molecule has 126 valence electrons. The van der Waals surface area contributed by atoms with E-state index < -0.39 is 17.7 Å². The Labute approximate surface area is 140 Å². The summed E-state index contributed by atoms with van der Waals surface area (Å²) in [7, 11) is 0. The normalized spacial score (nSPS) is 11.0. The molecule has 2 aromatic carbocycles. The van der Waals surface area contributed by atoms with E-state index in [-0.39, 0.29) is 0 Å². The molecule has 0 aliphatic carbocycles. The minimum Gasteiger partial charge on any atom is -0.428 e. The fourth-order valence-corrected chi connectivity index (χ4v) is 1.89. The molecule has 0 aliphatic heterocycles. The van der Waals surface area contributed by atoms with Crippen LogP contribution in [0.4, 0.5) is 4.79 Å².